The van der Waals surface area contributed by atoms with E-state index in [2.05, 4.69) is 16.9 Å². The SMILES string of the molecule is CN1CC2(CCN(C(=O)c3cccnc3)CC2)c2cc(F)ccc21. The molecular formula is C19H20FN3O. The van der Waals surface area contributed by atoms with E-state index < -0.39 is 0 Å². The van der Waals surface area contributed by atoms with Crippen LogP contribution < -0.4 is 4.90 Å². The van der Waals surface area contributed by atoms with E-state index in [0.717, 1.165) is 30.6 Å². The summed E-state index contributed by atoms with van der Waals surface area (Å²) in [5.41, 5.74) is 2.79. The summed E-state index contributed by atoms with van der Waals surface area (Å²) in [7, 11) is 2.05. The molecule has 124 valence electrons. The van der Waals surface area contributed by atoms with Crippen molar-refractivity contribution in [3.05, 3.63) is 59.7 Å². The van der Waals surface area contributed by atoms with Gasteiger partial charge >= 0.3 is 0 Å². The van der Waals surface area contributed by atoms with Gasteiger partial charge in [-0.15, -0.1) is 0 Å². The number of rotatable bonds is 1. The maximum Gasteiger partial charge on any atom is 0.255 e. The molecule has 0 aliphatic carbocycles. The molecule has 0 N–H and O–H groups in total. The molecule has 4 rings (SSSR count). The van der Waals surface area contributed by atoms with E-state index in [-0.39, 0.29) is 17.1 Å². The summed E-state index contributed by atoms with van der Waals surface area (Å²) >= 11 is 0. The Labute approximate surface area is 140 Å². The minimum atomic E-state index is -0.183. The van der Waals surface area contributed by atoms with E-state index in [1.165, 1.54) is 6.07 Å². The van der Waals surface area contributed by atoms with Gasteiger partial charge in [-0.3, -0.25) is 9.78 Å². The number of benzene rings is 1. The highest BCUT2D eigenvalue weighted by Crippen LogP contribution is 2.46. The first kappa shape index (κ1) is 15.1. The zero-order valence-electron chi connectivity index (χ0n) is 13.7. The van der Waals surface area contributed by atoms with Crippen molar-refractivity contribution in [1.82, 2.24) is 9.88 Å². The molecule has 1 spiro atoms. The van der Waals surface area contributed by atoms with E-state index >= 15 is 0 Å². The summed E-state index contributed by atoms with van der Waals surface area (Å²) in [6.45, 7) is 2.27. The number of likely N-dealkylation sites (N-methyl/N-ethyl adjacent to an activating group) is 1. The minimum Gasteiger partial charge on any atom is -0.373 e. The molecule has 0 radical (unpaired) electrons. The topological polar surface area (TPSA) is 36.4 Å². The van der Waals surface area contributed by atoms with Gasteiger partial charge in [-0.05, 0) is 48.7 Å². The number of hydrogen-bond acceptors (Lipinski definition) is 3. The number of halogens is 1. The standard InChI is InChI=1S/C19H20FN3O/c1-22-13-19(16-11-15(20)4-5-17(16)22)6-9-23(10-7-19)18(24)14-3-2-8-21-12-14/h2-5,8,11-12H,6-7,9-10,13H2,1H3. The van der Waals surface area contributed by atoms with Crippen LogP contribution >= 0.6 is 0 Å². The fourth-order valence-electron chi connectivity index (χ4n) is 4.13. The molecular weight excluding hydrogens is 305 g/mol. The third-order valence-electron chi connectivity index (χ3n) is 5.40. The lowest BCUT2D eigenvalue weighted by Gasteiger charge is -2.39. The molecule has 1 saturated heterocycles. The Morgan fingerprint density at radius 1 is 1.25 bits per heavy atom. The molecule has 2 aliphatic rings. The summed E-state index contributed by atoms with van der Waals surface area (Å²) < 4.78 is 13.8. The number of piperidine rings is 1. The van der Waals surface area contributed by atoms with E-state index in [1.807, 2.05) is 11.0 Å². The van der Waals surface area contributed by atoms with Crippen LogP contribution in [0.15, 0.2) is 42.7 Å². The average Bonchev–Trinajstić information content (AvgIpc) is 2.87. The van der Waals surface area contributed by atoms with Crippen LogP contribution in [-0.4, -0.2) is 42.5 Å². The highest BCUT2D eigenvalue weighted by Gasteiger charge is 2.44. The third kappa shape index (κ3) is 2.35. The number of fused-ring (bicyclic) bond motifs is 2. The zero-order valence-corrected chi connectivity index (χ0v) is 13.7. The number of anilines is 1. The van der Waals surface area contributed by atoms with Gasteiger partial charge in [0, 0.05) is 50.2 Å². The number of carbonyl (C=O) groups excluding carboxylic acids is 1. The second-order valence-corrected chi connectivity index (χ2v) is 6.83. The van der Waals surface area contributed by atoms with Crippen LogP contribution in [0.25, 0.3) is 0 Å². The maximum atomic E-state index is 13.8. The molecule has 0 saturated carbocycles. The molecule has 3 heterocycles. The lowest BCUT2D eigenvalue weighted by molar-refractivity contribution is 0.0674. The molecule has 24 heavy (non-hydrogen) atoms. The lowest BCUT2D eigenvalue weighted by Crippen LogP contribution is -2.46. The number of likely N-dealkylation sites (tertiary alicyclic amines) is 1. The van der Waals surface area contributed by atoms with Crippen molar-refractivity contribution in [3.63, 3.8) is 0 Å². The van der Waals surface area contributed by atoms with Crippen molar-refractivity contribution in [2.24, 2.45) is 0 Å². The number of amides is 1. The monoisotopic (exact) mass is 325 g/mol. The van der Waals surface area contributed by atoms with Gasteiger partial charge in [0.05, 0.1) is 5.56 Å². The first-order valence-corrected chi connectivity index (χ1v) is 8.30. The second-order valence-electron chi connectivity index (χ2n) is 6.83. The van der Waals surface area contributed by atoms with Gasteiger partial charge in [0.1, 0.15) is 5.82 Å². The largest absolute Gasteiger partial charge is 0.373 e. The van der Waals surface area contributed by atoms with Crippen LogP contribution in [0.1, 0.15) is 28.8 Å². The molecule has 1 fully saturated rings. The van der Waals surface area contributed by atoms with Crippen molar-refractivity contribution in [2.45, 2.75) is 18.3 Å². The highest BCUT2D eigenvalue weighted by atomic mass is 19.1. The minimum absolute atomic E-state index is 0.0313. The maximum absolute atomic E-state index is 13.8. The van der Waals surface area contributed by atoms with E-state index in [1.54, 1.807) is 30.6 Å². The predicted molar refractivity (Wildman–Crippen MR) is 90.7 cm³/mol. The van der Waals surface area contributed by atoms with Crippen molar-refractivity contribution < 1.29 is 9.18 Å². The van der Waals surface area contributed by atoms with Gasteiger partial charge in [-0.2, -0.15) is 0 Å². The fraction of sp³-hybridized carbons (Fsp3) is 0.368. The molecule has 1 aromatic heterocycles. The van der Waals surface area contributed by atoms with E-state index in [0.29, 0.717) is 18.7 Å². The number of aromatic nitrogens is 1. The lowest BCUT2D eigenvalue weighted by atomic mass is 9.74. The van der Waals surface area contributed by atoms with Crippen LogP contribution in [0.4, 0.5) is 10.1 Å². The fourth-order valence-corrected chi connectivity index (χ4v) is 4.13. The average molecular weight is 325 g/mol. The Morgan fingerprint density at radius 2 is 2.04 bits per heavy atom. The van der Waals surface area contributed by atoms with Gasteiger partial charge < -0.3 is 9.80 Å². The quantitative estimate of drug-likeness (QED) is 0.809. The van der Waals surface area contributed by atoms with Gasteiger partial charge in [0.2, 0.25) is 0 Å². The normalized spacial score (nSPS) is 18.8. The summed E-state index contributed by atoms with van der Waals surface area (Å²) in [6, 6.07) is 8.65. The summed E-state index contributed by atoms with van der Waals surface area (Å²) in [4.78, 5) is 20.7. The Bertz CT molecular complexity index is 769. The molecule has 2 aliphatic heterocycles. The van der Waals surface area contributed by atoms with Crippen LogP contribution in [0.3, 0.4) is 0 Å². The summed E-state index contributed by atoms with van der Waals surface area (Å²) in [5, 5.41) is 0. The molecule has 0 unspecified atom stereocenters. The van der Waals surface area contributed by atoms with Crippen LogP contribution in [0.5, 0.6) is 0 Å². The van der Waals surface area contributed by atoms with Crippen LogP contribution in [-0.2, 0) is 5.41 Å². The Balaban J connectivity index is 1.55. The highest BCUT2D eigenvalue weighted by molar-refractivity contribution is 5.94. The molecule has 5 heteroatoms. The zero-order chi connectivity index (χ0) is 16.7. The van der Waals surface area contributed by atoms with Crippen molar-refractivity contribution >= 4 is 11.6 Å². The number of carbonyl (C=O) groups is 1. The molecule has 1 aromatic carbocycles. The first-order chi connectivity index (χ1) is 11.6. The molecule has 2 aromatic rings. The second kappa shape index (κ2) is 5.58. The Morgan fingerprint density at radius 3 is 2.75 bits per heavy atom. The van der Waals surface area contributed by atoms with Gasteiger partial charge in [0.25, 0.3) is 5.91 Å². The van der Waals surface area contributed by atoms with Crippen LogP contribution in [0, 0.1) is 5.82 Å². The molecule has 4 nitrogen and oxygen atoms in total. The molecule has 1 amide bonds. The molecule has 0 atom stereocenters. The van der Waals surface area contributed by atoms with Crippen molar-refractivity contribution in [3.8, 4) is 0 Å². The molecule has 0 bridgehead atoms. The van der Waals surface area contributed by atoms with Gasteiger partial charge in [-0.25, -0.2) is 4.39 Å². The first-order valence-electron chi connectivity index (χ1n) is 8.30. The number of hydrogen-bond donors (Lipinski definition) is 0. The Hall–Kier alpha value is -2.43. The predicted octanol–water partition coefficient (Wildman–Crippen LogP) is 2.84. The number of nitrogens with zero attached hydrogens (tertiary/aromatic N) is 3. The number of pyridine rings is 1. The van der Waals surface area contributed by atoms with Crippen molar-refractivity contribution in [1.29, 1.82) is 0 Å². The Kier molecular flexibility index (Phi) is 3.52. The van der Waals surface area contributed by atoms with E-state index in [4.69, 9.17) is 0 Å². The van der Waals surface area contributed by atoms with Crippen molar-refractivity contribution in [2.75, 3.05) is 31.6 Å². The third-order valence-corrected chi connectivity index (χ3v) is 5.40. The van der Waals surface area contributed by atoms with Crippen LogP contribution in [0.2, 0.25) is 0 Å². The van der Waals surface area contributed by atoms with Gasteiger partial charge in [-0.1, -0.05) is 0 Å². The van der Waals surface area contributed by atoms with Gasteiger partial charge in [0.15, 0.2) is 0 Å². The summed E-state index contributed by atoms with van der Waals surface area (Å²) in [5.74, 6) is -0.152. The smallest absolute Gasteiger partial charge is 0.255 e. The van der Waals surface area contributed by atoms with E-state index in [9.17, 15) is 9.18 Å². The summed E-state index contributed by atoms with van der Waals surface area (Å²) in [6.07, 6.45) is 5.00.